The molecule has 1 aromatic rings. The maximum Gasteiger partial charge on any atom is 0.471 e. The van der Waals surface area contributed by atoms with Gasteiger partial charge in [-0.2, -0.15) is 13.2 Å². The molecule has 17 heavy (non-hydrogen) atoms. The molecule has 0 radical (unpaired) electrons. The summed E-state index contributed by atoms with van der Waals surface area (Å²) in [4.78, 5) is 10.8. The van der Waals surface area contributed by atoms with Crippen LogP contribution in [0.25, 0.3) is 0 Å². The summed E-state index contributed by atoms with van der Waals surface area (Å²) in [5.41, 5.74) is 1.39. The molecule has 0 atom stereocenters. The van der Waals surface area contributed by atoms with E-state index in [-0.39, 0.29) is 11.4 Å². The number of alkyl halides is 3. The van der Waals surface area contributed by atoms with Gasteiger partial charge < -0.3 is 10.1 Å². The molecule has 0 fully saturated rings. The third kappa shape index (κ3) is 3.12. The summed E-state index contributed by atoms with van der Waals surface area (Å²) >= 11 is 0. The summed E-state index contributed by atoms with van der Waals surface area (Å²) in [5, 5.41) is 1.81. The number of benzene rings is 1. The van der Waals surface area contributed by atoms with Crippen LogP contribution in [0.2, 0.25) is 0 Å². The predicted molar refractivity (Wildman–Crippen MR) is 57.2 cm³/mol. The van der Waals surface area contributed by atoms with Crippen LogP contribution in [-0.4, -0.2) is 19.2 Å². The number of anilines is 1. The largest absolute Gasteiger partial charge is 0.495 e. The monoisotopic (exact) mass is 247 g/mol. The van der Waals surface area contributed by atoms with Crippen molar-refractivity contribution in [1.29, 1.82) is 0 Å². The van der Waals surface area contributed by atoms with Crippen LogP contribution in [0.4, 0.5) is 18.9 Å². The third-order valence-electron chi connectivity index (χ3n) is 2.16. The Kier molecular flexibility index (Phi) is 3.65. The van der Waals surface area contributed by atoms with Crippen LogP contribution in [0.3, 0.4) is 0 Å². The molecule has 94 valence electrons. The molecule has 1 N–H and O–H groups in total. The summed E-state index contributed by atoms with van der Waals surface area (Å²) in [6.07, 6.45) is -4.91. The molecule has 1 rings (SSSR count). The molecular formula is C11H12F3NO2. The first-order valence-corrected chi connectivity index (χ1v) is 4.79. The van der Waals surface area contributed by atoms with Gasteiger partial charge in [0, 0.05) is 0 Å². The number of rotatable bonds is 2. The highest BCUT2D eigenvalue weighted by Crippen LogP contribution is 2.31. The fraction of sp³-hybridized carbons (Fsp3) is 0.364. The zero-order chi connectivity index (χ0) is 13.2. The van der Waals surface area contributed by atoms with Crippen LogP contribution in [0.1, 0.15) is 11.1 Å². The van der Waals surface area contributed by atoms with Crippen LogP contribution < -0.4 is 10.1 Å². The van der Waals surface area contributed by atoms with E-state index in [1.165, 1.54) is 7.11 Å². The number of nitrogens with one attached hydrogen (secondary N) is 1. The first-order chi connectivity index (χ1) is 7.75. The summed E-state index contributed by atoms with van der Waals surface area (Å²) in [6, 6.07) is 3.22. The van der Waals surface area contributed by atoms with E-state index in [0.717, 1.165) is 5.56 Å². The minimum absolute atomic E-state index is 0.0421. The van der Waals surface area contributed by atoms with E-state index >= 15 is 0 Å². The number of halogens is 3. The van der Waals surface area contributed by atoms with E-state index in [4.69, 9.17) is 4.74 Å². The molecule has 6 heteroatoms. The molecule has 0 aliphatic carbocycles. The van der Waals surface area contributed by atoms with Gasteiger partial charge in [-0.15, -0.1) is 0 Å². The van der Waals surface area contributed by atoms with Crippen molar-refractivity contribution in [3.05, 3.63) is 23.3 Å². The van der Waals surface area contributed by atoms with Crippen molar-refractivity contribution in [2.24, 2.45) is 0 Å². The van der Waals surface area contributed by atoms with E-state index in [0.29, 0.717) is 5.56 Å². The fourth-order valence-electron chi connectivity index (χ4n) is 1.43. The second-order valence-electron chi connectivity index (χ2n) is 3.61. The Morgan fingerprint density at radius 2 is 1.88 bits per heavy atom. The van der Waals surface area contributed by atoms with E-state index in [1.807, 2.05) is 5.32 Å². The van der Waals surface area contributed by atoms with Gasteiger partial charge in [0.1, 0.15) is 5.75 Å². The Morgan fingerprint density at radius 1 is 1.29 bits per heavy atom. The number of carbonyl (C=O) groups is 1. The predicted octanol–water partition coefficient (Wildman–Crippen LogP) is 2.81. The lowest BCUT2D eigenvalue weighted by Crippen LogP contribution is -2.30. The minimum Gasteiger partial charge on any atom is -0.495 e. The number of ether oxygens (including phenoxy) is 1. The zero-order valence-corrected chi connectivity index (χ0v) is 9.61. The topological polar surface area (TPSA) is 38.3 Å². The van der Waals surface area contributed by atoms with Gasteiger partial charge >= 0.3 is 12.1 Å². The van der Waals surface area contributed by atoms with Crippen molar-refractivity contribution >= 4 is 11.6 Å². The first kappa shape index (κ1) is 13.3. The average Bonchev–Trinajstić information content (AvgIpc) is 2.19. The van der Waals surface area contributed by atoms with Crippen LogP contribution >= 0.6 is 0 Å². The standard InChI is InChI=1S/C11H12F3NO2/c1-6-4-7(2)9(8(5-6)17-3)15-10(16)11(12,13)14/h4-5H,1-3H3,(H,15,16). The SMILES string of the molecule is COc1cc(C)cc(C)c1NC(=O)C(F)(F)F. The molecule has 0 saturated carbocycles. The highest BCUT2D eigenvalue weighted by atomic mass is 19.4. The number of aryl methyl sites for hydroxylation is 2. The van der Waals surface area contributed by atoms with Crippen molar-refractivity contribution in [2.75, 3.05) is 12.4 Å². The smallest absolute Gasteiger partial charge is 0.471 e. The number of carbonyl (C=O) groups excluding carboxylic acids is 1. The highest BCUT2D eigenvalue weighted by molar-refractivity contribution is 5.97. The van der Waals surface area contributed by atoms with Crippen molar-refractivity contribution in [2.45, 2.75) is 20.0 Å². The lowest BCUT2D eigenvalue weighted by Gasteiger charge is -2.14. The van der Waals surface area contributed by atoms with Crippen LogP contribution in [0, 0.1) is 13.8 Å². The molecule has 0 saturated heterocycles. The first-order valence-electron chi connectivity index (χ1n) is 4.79. The minimum atomic E-state index is -4.91. The second-order valence-corrected chi connectivity index (χ2v) is 3.61. The van der Waals surface area contributed by atoms with Crippen molar-refractivity contribution in [3.8, 4) is 5.75 Å². The summed E-state index contributed by atoms with van der Waals surface area (Å²) < 4.78 is 41.3. The third-order valence-corrected chi connectivity index (χ3v) is 2.16. The van der Waals surface area contributed by atoms with Gasteiger partial charge in [0.25, 0.3) is 0 Å². The van der Waals surface area contributed by atoms with E-state index < -0.39 is 12.1 Å². The van der Waals surface area contributed by atoms with Gasteiger partial charge in [-0.3, -0.25) is 4.79 Å². The van der Waals surface area contributed by atoms with E-state index in [2.05, 4.69) is 0 Å². The van der Waals surface area contributed by atoms with Gasteiger partial charge in [-0.1, -0.05) is 6.07 Å². The second kappa shape index (κ2) is 4.65. The number of amides is 1. The number of hydrogen-bond acceptors (Lipinski definition) is 2. The average molecular weight is 247 g/mol. The van der Waals surface area contributed by atoms with Gasteiger partial charge in [-0.05, 0) is 31.0 Å². The lowest BCUT2D eigenvalue weighted by atomic mass is 10.1. The number of methoxy groups -OCH3 is 1. The number of hydrogen-bond donors (Lipinski definition) is 1. The van der Waals surface area contributed by atoms with Crippen LogP contribution in [0.5, 0.6) is 5.75 Å². The molecule has 0 heterocycles. The molecular weight excluding hydrogens is 235 g/mol. The maximum atomic E-state index is 12.1. The van der Waals surface area contributed by atoms with E-state index in [1.54, 1.807) is 26.0 Å². The molecule has 0 spiro atoms. The summed E-state index contributed by atoms with van der Waals surface area (Å²) in [7, 11) is 1.33. The molecule has 0 aliphatic rings. The quantitative estimate of drug-likeness (QED) is 0.872. The molecule has 1 amide bonds. The van der Waals surface area contributed by atoms with Gasteiger partial charge in [0.15, 0.2) is 0 Å². The highest BCUT2D eigenvalue weighted by Gasteiger charge is 2.39. The van der Waals surface area contributed by atoms with Gasteiger partial charge in [0.2, 0.25) is 0 Å². The molecule has 0 unspecified atom stereocenters. The fourth-order valence-corrected chi connectivity index (χ4v) is 1.43. The van der Waals surface area contributed by atoms with Crippen molar-refractivity contribution < 1.29 is 22.7 Å². The van der Waals surface area contributed by atoms with Crippen LogP contribution in [0.15, 0.2) is 12.1 Å². The Labute approximate surface area is 96.6 Å². The van der Waals surface area contributed by atoms with Gasteiger partial charge in [0.05, 0.1) is 12.8 Å². The van der Waals surface area contributed by atoms with Crippen molar-refractivity contribution in [3.63, 3.8) is 0 Å². The lowest BCUT2D eigenvalue weighted by molar-refractivity contribution is -0.167. The zero-order valence-electron chi connectivity index (χ0n) is 9.61. The molecule has 3 nitrogen and oxygen atoms in total. The Morgan fingerprint density at radius 3 is 2.35 bits per heavy atom. The maximum absolute atomic E-state index is 12.1. The Hall–Kier alpha value is -1.72. The summed E-state index contributed by atoms with van der Waals surface area (Å²) in [6.45, 7) is 3.38. The molecule has 0 aliphatic heterocycles. The molecule has 0 bridgehead atoms. The van der Waals surface area contributed by atoms with E-state index in [9.17, 15) is 18.0 Å². The molecule has 1 aromatic carbocycles. The van der Waals surface area contributed by atoms with Crippen molar-refractivity contribution in [1.82, 2.24) is 0 Å². The molecule has 0 aromatic heterocycles. The summed E-state index contributed by atoms with van der Waals surface area (Å²) in [5.74, 6) is -1.80. The van der Waals surface area contributed by atoms with Gasteiger partial charge in [-0.25, -0.2) is 0 Å². The van der Waals surface area contributed by atoms with Crippen LogP contribution in [-0.2, 0) is 4.79 Å². The Bertz CT molecular complexity index is 441. The Balaban J connectivity index is 3.10. The normalized spacial score (nSPS) is 11.2.